The van der Waals surface area contributed by atoms with Crippen molar-refractivity contribution in [3.63, 3.8) is 0 Å². The van der Waals surface area contributed by atoms with Crippen LogP contribution in [0.5, 0.6) is 0 Å². The van der Waals surface area contributed by atoms with Crippen LogP contribution in [0.15, 0.2) is 65.6 Å². The van der Waals surface area contributed by atoms with Crippen molar-refractivity contribution in [2.75, 3.05) is 4.72 Å². The molecule has 0 bridgehead atoms. The summed E-state index contributed by atoms with van der Waals surface area (Å²) in [5, 5.41) is 1.64. The maximum Gasteiger partial charge on any atom is 0.262 e. The lowest BCUT2D eigenvalue weighted by molar-refractivity contribution is 0.101. The van der Waals surface area contributed by atoms with Crippen LogP contribution in [0.25, 0.3) is 10.8 Å². The average molecular weight is 360 g/mol. The first-order chi connectivity index (χ1) is 11.4. The lowest BCUT2D eigenvalue weighted by atomic mass is 10.1. The Labute approximate surface area is 145 Å². The fourth-order valence-electron chi connectivity index (χ4n) is 2.60. The quantitative estimate of drug-likeness (QED) is 0.698. The Kier molecular flexibility index (Phi) is 4.30. The second kappa shape index (κ2) is 6.26. The number of hydrogen-bond acceptors (Lipinski definition) is 3. The molecule has 0 aliphatic rings. The molecule has 0 aliphatic heterocycles. The summed E-state index contributed by atoms with van der Waals surface area (Å²) >= 11 is 6.04. The zero-order valence-corrected chi connectivity index (χ0v) is 14.4. The summed E-state index contributed by atoms with van der Waals surface area (Å²) < 4.78 is 28.2. The van der Waals surface area contributed by atoms with E-state index in [0.717, 1.165) is 5.39 Å². The van der Waals surface area contributed by atoms with Crippen molar-refractivity contribution in [2.45, 2.75) is 11.8 Å². The first-order valence-corrected chi connectivity index (χ1v) is 9.06. The second-order valence-electron chi connectivity index (χ2n) is 5.30. The van der Waals surface area contributed by atoms with Crippen molar-refractivity contribution in [3.8, 4) is 0 Å². The number of Topliss-reactive ketones (excluding diaryl/α,β-unsaturated/α-hetero) is 1. The summed E-state index contributed by atoms with van der Waals surface area (Å²) in [5.41, 5.74) is 0.325. The van der Waals surface area contributed by atoms with Gasteiger partial charge in [0.15, 0.2) is 5.78 Å². The monoisotopic (exact) mass is 359 g/mol. The molecule has 24 heavy (non-hydrogen) atoms. The minimum Gasteiger partial charge on any atom is -0.294 e. The van der Waals surface area contributed by atoms with Gasteiger partial charge in [-0.2, -0.15) is 0 Å². The van der Waals surface area contributed by atoms with Gasteiger partial charge in [-0.3, -0.25) is 9.52 Å². The number of halogens is 1. The molecule has 0 heterocycles. The highest BCUT2D eigenvalue weighted by Crippen LogP contribution is 2.29. The van der Waals surface area contributed by atoms with Crippen molar-refractivity contribution in [2.24, 2.45) is 0 Å². The first-order valence-electron chi connectivity index (χ1n) is 7.20. The molecule has 1 N–H and O–H groups in total. The number of ketones is 1. The number of carbonyl (C=O) groups excluding carboxylic acids is 1. The molecule has 3 aromatic carbocycles. The van der Waals surface area contributed by atoms with Gasteiger partial charge in [0.2, 0.25) is 0 Å². The predicted molar refractivity (Wildman–Crippen MR) is 96.2 cm³/mol. The van der Waals surface area contributed by atoms with E-state index in [9.17, 15) is 13.2 Å². The van der Waals surface area contributed by atoms with Crippen molar-refractivity contribution < 1.29 is 13.2 Å². The summed E-state index contributed by atoms with van der Waals surface area (Å²) in [6.07, 6.45) is 0. The highest BCUT2D eigenvalue weighted by Gasteiger charge is 2.20. The maximum atomic E-state index is 12.8. The summed E-state index contributed by atoms with van der Waals surface area (Å²) in [5.74, 6) is -0.309. The van der Waals surface area contributed by atoms with Crippen LogP contribution in [-0.2, 0) is 10.0 Å². The van der Waals surface area contributed by atoms with E-state index in [0.29, 0.717) is 5.39 Å². The minimum absolute atomic E-state index is 0.148. The van der Waals surface area contributed by atoms with Gasteiger partial charge in [0.1, 0.15) is 0 Å². The summed E-state index contributed by atoms with van der Waals surface area (Å²) in [7, 11) is -3.87. The number of benzene rings is 3. The van der Waals surface area contributed by atoms with Gasteiger partial charge < -0.3 is 0 Å². The number of anilines is 1. The molecule has 0 fully saturated rings. The van der Waals surface area contributed by atoms with Crippen LogP contribution < -0.4 is 4.72 Å². The standard InChI is InChI=1S/C18H14ClNO3S/c1-12(21)18-15(19)9-5-10-16(18)20-24(22,23)17-11-4-7-13-6-2-3-8-14(13)17/h2-11,20H,1H3. The van der Waals surface area contributed by atoms with Gasteiger partial charge in [-0.1, -0.05) is 54.1 Å². The molecule has 122 valence electrons. The van der Waals surface area contributed by atoms with Crippen LogP contribution >= 0.6 is 11.6 Å². The molecule has 4 nitrogen and oxygen atoms in total. The van der Waals surface area contributed by atoms with Crippen molar-refractivity contribution in [3.05, 3.63) is 71.2 Å². The predicted octanol–water partition coefficient (Wildman–Crippen LogP) is 4.50. The first kappa shape index (κ1) is 16.5. The van der Waals surface area contributed by atoms with E-state index in [2.05, 4.69) is 4.72 Å². The molecular formula is C18H14ClNO3S. The third-order valence-corrected chi connectivity index (χ3v) is 5.39. The highest BCUT2D eigenvalue weighted by molar-refractivity contribution is 7.93. The molecule has 0 atom stereocenters. The number of sulfonamides is 1. The third kappa shape index (κ3) is 3.00. The number of rotatable bonds is 4. The molecule has 0 radical (unpaired) electrons. The lowest BCUT2D eigenvalue weighted by Gasteiger charge is -2.13. The SMILES string of the molecule is CC(=O)c1c(Cl)cccc1NS(=O)(=O)c1cccc2ccccc12. The van der Waals surface area contributed by atoms with Crippen LogP contribution in [0.4, 0.5) is 5.69 Å². The van der Waals surface area contributed by atoms with E-state index >= 15 is 0 Å². The van der Waals surface area contributed by atoms with Crippen molar-refractivity contribution in [1.82, 2.24) is 0 Å². The van der Waals surface area contributed by atoms with Gasteiger partial charge in [0.05, 0.1) is 21.2 Å². The highest BCUT2D eigenvalue weighted by atomic mass is 35.5. The molecule has 0 saturated carbocycles. The molecule has 0 saturated heterocycles. The summed E-state index contributed by atoms with van der Waals surface area (Å²) in [6, 6.07) is 16.9. The third-order valence-electron chi connectivity index (χ3n) is 3.65. The largest absolute Gasteiger partial charge is 0.294 e. The fraction of sp³-hybridized carbons (Fsp3) is 0.0556. The molecule has 0 spiro atoms. The normalized spacial score (nSPS) is 11.4. The maximum absolute atomic E-state index is 12.8. The molecule has 0 aliphatic carbocycles. The Hall–Kier alpha value is -2.37. The average Bonchev–Trinajstić information content (AvgIpc) is 2.53. The Morgan fingerprint density at radius 2 is 1.62 bits per heavy atom. The minimum atomic E-state index is -3.87. The fourth-order valence-corrected chi connectivity index (χ4v) is 4.21. The summed E-state index contributed by atoms with van der Waals surface area (Å²) in [4.78, 5) is 12.0. The Morgan fingerprint density at radius 1 is 0.958 bits per heavy atom. The number of fused-ring (bicyclic) bond motifs is 1. The molecular weight excluding hydrogens is 346 g/mol. The van der Waals surface area contributed by atoms with Gasteiger partial charge in [-0.25, -0.2) is 8.42 Å². The van der Waals surface area contributed by atoms with Gasteiger partial charge in [0, 0.05) is 5.39 Å². The van der Waals surface area contributed by atoms with Crippen LogP contribution in [0.1, 0.15) is 17.3 Å². The van der Waals surface area contributed by atoms with E-state index < -0.39 is 10.0 Å². The number of carbonyl (C=O) groups is 1. The Balaban J connectivity index is 2.13. The van der Waals surface area contributed by atoms with E-state index in [-0.39, 0.29) is 27.0 Å². The smallest absolute Gasteiger partial charge is 0.262 e. The van der Waals surface area contributed by atoms with E-state index in [1.54, 1.807) is 30.3 Å². The molecule has 3 rings (SSSR count). The van der Waals surface area contributed by atoms with E-state index in [1.165, 1.54) is 19.1 Å². The van der Waals surface area contributed by atoms with E-state index in [1.807, 2.05) is 18.2 Å². The molecule has 0 amide bonds. The number of nitrogens with one attached hydrogen (secondary N) is 1. The number of hydrogen-bond donors (Lipinski definition) is 1. The van der Waals surface area contributed by atoms with Crippen LogP contribution in [-0.4, -0.2) is 14.2 Å². The van der Waals surface area contributed by atoms with Gasteiger partial charge >= 0.3 is 0 Å². The molecule has 3 aromatic rings. The summed E-state index contributed by atoms with van der Waals surface area (Å²) in [6.45, 7) is 1.34. The van der Waals surface area contributed by atoms with Crippen LogP contribution in [0.3, 0.4) is 0 Å². The second-order valence-corrected chi connectivity index (χ2v) is 7.36. The van der Waals surface area contributed by atoms with Gasteiger partial charge in [-0.05, 0) is 30.5 Å². The topological polar surface area (TPSA) is 63.2 Å². The van der Waals surface area contributed by atoms with Crippen LogP contribution in [0.2, 0.25) is 5.02 Å². The van der Waals surface area contributed by atoms with Gasteiger partial charge in [0.25, 0.3) is 10.0 Å². The zero-order chi connectivity index (χ0) is 17.3. The molecule has 0 aromatic heterocycles. The Morgan fingerprint density at radius 3 is 2.38 bits per heavy atom. The van der Waals surface area contributed by atoms with Crippen molar-refractivity contribution >= 4 is 43.9 Å². The van der Waals surface area contributed by atoms with Gasteiger partial charge in [-0.15, -0.1) is 0 Å². The lowest BCUT2D eigenvalue weighted by Crippen LogP contribution is -2.15. The van der Waals surface area contributed by atoms with Crippen molar-refractivity contribution in [1.29, 1.82) is 0 Å². The zero-order valence-electron chi connectivity index (χ0n) is 12.8. The molecule has 0 unspecified atom stereocenters. The Bertz CT molecular complexity index is 1040. The molecule has 6 heteroatoms. The van der Waals surface area contributed by atoms with Crippen LogP contribution in [0, 0.1) is 0 Å². The van der Waals surface area contributed by atoms with E-state index in [4.69, 9.17) is 11.6 Å².